The van der Waals surface area contributed by atoms with Gasteiger partial charge in [0.1, 0.15) is 0 Å². The molecule has 2 aliphatic carbocycles. The molecule has 0 bridgehead atoms. The van der Waals surface area contributed by atoms with E-state index in [2.05, 4.69) is 19.9 Å². The lowest BCUT2D eigenvalue weighted by Gasteiger charge is -2.20. The number of allylic oxidation sites excluding steroid dienone is 4. The van der Waals surface area contributed by atoms with Crippen LogP contribution in [0.5, 0.6) is 0 Å². The fourth-order valence-corrected chi connectivity index (χ4v) is 2.00. The lowest BCUT2D eigenvalue weighted by molar-refractivity contribution is -0.115. The highest BCUT2D eigenvalue weighted by molar-refractivity contribution is 5.93. The van der Waals surface area contributed by atoms with Crippen molar-refractivity contribution in [2.24, 2.45) is 11.8 Å². The van der Waals surface area contributed by atoms with Gasteiger partial charge >= 0.3 is 0 Å². The molecule has 2 rings (SSSR count). The Hall–Kier alpha value is -0.850. The highest BCUT2D eigenvalue weighted by atomic mass is 16.1. The van der Waals surface area contributed by atoms with Crippen molar-refractivity contribution in [2.75, 3.05) is 0 Å². The van der Waals surface area contributed by atoms with Crippen molar-refractivity contribution in [1.82, 2.24) is 0 Å². The minimum absolute atomic E-state index is 0.290. The summed E-state index contributed by atoms with van der Waals surface area (Å²) in [5.74, 6) is 1.55. The van der Waals surface area contributed by atoms with Gasteiger partial charge in [-0.1, -0.05) is 13.0 Å². The standard InChI is InChI=1S/C12H16O/c1-8-5-11(13)6-9(2)12(8)7-10-3-4-10/h5,7,9-10H,3-4,6H2,1-2H3/b12-7+. The van der Waals surface area contributed by atoms with Crippen LogP contribution >= 0.6 is 0 Å². The van der Waals surface area contributed by atoms with Crippen LogP contribution in [-0.4, -0.2) is 5.78 Å². The summed E-state index contributed by atoms with van der Waals surface area (Å²) < 4.78 is 0. The normalized spacial score (nSPS) is 32.2. The van der Waals surface area contributed by atoms with E-state index in [1.807, 2.05) is 0 Å². The second kappa shape index (κ2) is 3.13. The van der Waals surface area contributed by atoms with Gasteiger partial charge in [-0.05, 0) is 48.8 Å². The first-order valence-electron chi connectivity index (χ1n) is 5.10. The van der Waals surface area contributed by atoms with Gasteiger partial charge in [0, 0.05) is 6.42 Å². The molecule has 1 fully saturated rings. The highest BCUT2D eigenvalue weighted by Crippen LogP contribution is 2.36. The Bertz CT molecular complexity index is 292. The molecule has 70 valence electrons. The Balaban J connectivity index is 2.24. The molecule has 0 aromatic rings. The van der Waals surface area contributed by atoms with E-state index in [4.69, 9.17) is 0 Å². The van der Waals surface area contributed by atoms with Crippen LogP contribution in [0.3, 0.4) is 0 Å². The Morgan fingerprint density at radius 2 is 2.15 bits per heavy atom. The SMILES string of the molecule is CC1=CC(=O)CC(C)/C1=C/C1CC1. The monoisotopic (exact) mass is 176 g/mol. The summed E-state index contributed by atoms with van der Waals surface area (Å²) in [5, 5.41) is 0. The van der Waals surface area contributed by atoms with E-state index < -0.39 is 0 Å². The van der Waals surface area contributed by atoms with Gasteiger partial charge in [-0.15, -0.1) is 0 Å². The topological polar surface area (TPSA) is 17.1 Å². The first-order valence-corrected chi connectivity index (χ1v) is 5.10. The Labute approximate surface area is 79.5 Å². The minimum Gasteiger partial charge on any atom is -0.295 e. The molecule has 0 amide bonds. The van der Waals surface area contributed by atoms with Crippen LogP contribution in [0.4, 0.5) is 0 Å². The van der Waals surface area contributed by atoms with Crippen LogP contribution in [-0.2, 0) is 4.79 Å². The van der Waals surface area contributed by atoms with Crippen LogP contribution in [0.1, 0.15) is 33.1 Å². The van der Waals surface area contributed by atoms with E-state index >= 15 is 0 Å². The zero-order valence-electron chi connectivity index (χ0n) is 8.34. The second-order valence-electron chi connectivity index (χ2n) is 4.36. The molecule has 1 heteroatoms. The van der Waals surface area contributed by atoms with Crippen molar-refractivity contribution in [3.8, 4) is 0 Å². The molecule has 0 spiro atoms. The Morgan fingerprint density at radius 1 is 1.46 bits per heavy atom. The van der Waals surface area contributed by atoms with Gasteiger partial charge in [-0.3, -0.25) is 4.79 Å². The highest BCUT2D eigenvalue weighted by Gasteiger charge is 2.24. The molecule has 1 unspecified atom stereocenters. The molecule has 0 saturated heterocycles. The molecule has 1 saturated carbocycles. The Kier molecular flexibility index (Phi) is 2.10. The van der Waals surface area contributed by atoms with E-state index in [0.717, 1.165) is 5.92 Å². The smallest absolute Gasteiger partial charge is 0.156 e. The molecular weight excluding hydrogens is 160 g/mol. The zero-order valence-corrected chi connectivity index (χ0v) is 8.34. The van der Waals surface area contributed by atoms with Crippen molar-refractivity contribution in [2.45, 2.75) is 33.1 Å². The summed E-state index contributed by atoms with van der Waals surface area (Å²) in [7, 11) is 0. The van der Waals surface area contributed by atoms with Gasteiger partial charge in [0.05, 0.1) is 0 Å². The molecule has 0 heterocycles. The van der Waals surface area contributed by atoms with E-state index in [-0.39, 0.29) is 5.78 Å². The van der Waals surface area contributed by atoms with Crippen LogP contribution in [0.25, 0.3) is 0 Å². The molecular formula is C12H16O. The average molecular weight is 176 g/mol. The number of carbonyl (C=O) groups is 1. The summed E-state index contributed by atoms with van der Waals surface area (Å²) in [5.41, 5.74) is 2.61. The predicted molar refractivity (Wildman–Crippen MR) is 53.4 cm³/mol. The van der Waals surface area contributed by atoms with Crippen LogP contribution < -0.4 is 0 Å². The fraction of sp³-hybridized carbons (Fsp3) is 0.583. The van der Waals surface area contributed by atoms with Gasteiger partial charge in [0.15, 0.2) is 5.78 Å². The van der Waals surface area contributed by atoms with Crippen LogP contribution in [0.15, 0.2) is 23.3 Å². The lowest BCUT2D eigenvalue weighted by Crippen LogP contribution is -2.13. The Morgan fingerprint density at radius 3 is 2.69 bits per heavy atom. The third-order valence-corrected chi connectivity index (χ3v) is 2.91. The number of rotatable bonds is 1. The molecule has 0 radical (unpaired) electrons. The number of ketones is 1. The molecule has 0 N–H and O–H groups in total. The van der Waals surface area contributed by atoms with Crippen molar-refractivity contribution in [3.63, 3.8) is 0 Å². The molecule has 0 aliphatic heterocycles. The summed E-state index contributed by atoms with van der Waals surface area (Å²) in [4.78, 5) is 11.2. The summed E-state index contributed by atoms with van der Waals surface area (Å²) in [6.45, 7) is 4.21. The van der Waals surface area contributed by atoms with Crippen molar-refractivity contribution in [3.05, 3.63) is 23.3 Å². The molecule has 1 atom stereocenters. The van der Waals surface area contributed by atoms with Gasteiger partial charge in [0.25, 0.3) is 0 Å². The second-order valence-corrected chi connectivity index (χ2v) is 4.36. The quantitative estimate of drug-likeness (QED) is 0.600. The third kappa shape index (κ3) is 1.90. The lowest BCUT2D eigenvalue weighted by atomic mass is 9.84. The number of hydrogen-bond donors (Lipinski definition) is 0. The maximum Gasteiger partial charge on any atom is 0.156 e. The average Bonchev–Trinajstić information content (AvgIpc) is 2.79. The van der Waals surface area contributed by atoms with Gasteiger partial charge in [-0.2, -0.15) is 0 Å². The van der Waals surface area contributed by atoms with Crippen molar-refractivity contribution >= 4 is 5.78 Å². The molecule has 2 aliphatic rings. The number of carbonyl (C=O) groups excluding carboxylic acids is 1. The number of hydrogen-bond acceptors (Lipinski definition) is 1. The predicted octanol–water partition coefficient (Wildman–Crippen LogP) is 2.88. The third-order valence-electron chi connectivity index (χ3n) is 2.91. The van der Waals surface area contributed by atoms with Gasteiger partial charge < -0.3 is 0 Å². The van der Waals surface area contributed by atoms with E-state index in [1.54, 1.807) is 6.08 Å². The fourth-order valence-electron chi connectivity index (χ4n) is 2.00. The summed E-state index contributed by atoms with van der Waals surface area (Å²) in [6.07, 6.45) is 7.57. The molecule has 0 aromatic heterocycles. The van der Waals surface area contributed by atoms with Crippen LogP contribution in [0.2, 0.25) is 0 Å². The maximum absolute atomic E-state index is 11.2. The van der Waals surface area contributed by atoms with Gasteiger partial charge in [-0.25, -0.2) is 0 Å². The van der Waals surface area contributed by atoms with E-state index in [1.165, 1.54) is 24.0 Å². The van der Waals surface area contributed by atoms with Crippen LogP contribution in [0, 0.1) is 11.8 Å². The largest absolute Gasteiger partial charge is 0.295 e. The van der Waals surface area contributed by atoms with E-state index in [9.17, 15) is 4.79 Å². The van der Waals surface area contributed by atoms with Gasteiger partial charge in [0.2, 0.25) is 0 Å². The summed E-state index contributed by atoms with van der Waals surface area (Å²) in [6, 6.07) is 0. The maximum atomic E-state index is 11.2. The first-order chi connectivity index (χ1) is 6.16. The van der Waals surface area contributed by atoms with Crippen molar-refractivity contribution in [1.29, 1.82) is 0 Å². The first kappa shape index (κ1) is 8.74. The van der Waals surface area contributed by atoms with Crippen molar-refractivity contribution < 1.29 is 4.79 Å². The molecule has 1 nitrogen and oxygen atoms in total. The minimum atomic E-state index is 0.290. The van der Waals surface area contributed by atoms with E-state index in [0.29, 0.717) is 12.3 Å². The molecule has 13 heavy (non-hydrogen) atoms. The zero-order chi connectivity index (χ0) is 9.42. The summed E-state index contributed by atoms with van der Waals surface area (Å²) >= 11 is 0. The molecule has 0 aromatic carbocycles.